The first kappa shape index (κ1) is 19.2. The molecule has 0 radical (unpaired) electrons. The number of aliphatic hydroxyl groups is 1. The SMILES string of the molecule is CC(N)CN1C(=O)C(=O)C(=C(O)c2ccccc2)C1c1ccc([N+](=O)[O-])cc1. The molecule has 0 aliphatic carbocycles. The highest BCUT2D eigenvalue weighted by atomic mass is 16.6. The molecule has 1 saturated heterocycles. The summed E-state index contributed by atoms with van der Waals surface area (Å²) in [7, 11) is 0. The summed E-state index contributed by atoms with van der Waals surface area (Å²) in [6.45, 7) is 1.79. The van der Waals surface area contributed by atoms with Crippen LogP contribution in [0.15, 0.2) is 60.2 Å². The normalized spacial score (nSPS) is 19.6. The van der Waals surface area contributed by atoms with Gasteiger partial charge >= 0.3 is 0 Å². The molecule has 1 amide bonds. The second-order valence-electron chi connectivity index (χ2n) is 6.64. The van der Waals surface area contributed by atoms with Crippen LogP contribution in [-0.4, -0.2) is 39.2 Å². The topological polar surface area (TPSA) is 127 Å². The van der Waals surface area contributed by atoms with Gasteiger partial charge in [-0.2, -0.15) is 0 Å². The van der Waals surface area contributed by atoms with E-state index >= 15 is 0 Å². The molecule has 2 aromatic rings. The number of non-ortho nitro benzene ring substituents is 1. The van der Waals surface area contributed by atoms with Crippen LogP contribution in [0.3, 0.4) is 0 Å². The van der Waals surface area contributed by atoms with E-state index in [9.17, 15) is 24.8 Å². The average Bonchev–Trinajstić information content (AvgIpc) is 2.92. The van der Waals surface area contributed by atoms with Crippen LogP contribution >= 0.6 is 0 Å². The highest BCUT2D eigenvalue weighted by Gasteiger charge is 2.46. The van der Waals surface area contributed by atoms with Gasteiger partial charge in [0.1, 0.15) is 5.76 Å². The molecular weight excluding hydrogens is 362 g/mol. The van der Waals surface area contributed by atoms with E-state index in [1.165, 1.54) is 29.2 Å². The summed E-state index contributed by atoms with van der Waals surface area (Å²) < 4.78 is 0. The van der Waals surface area contributed by atoms with E-state index in [0.717, 1.165) is 0 Å². The Balaban J connectivity index is 2.16. The number of benzene rings is 2. The van der Waals surface area contributed by atoms with E-state index in [-0.39, 0.29) is 23.6 Å². The Hall–Kier alpha value is -3.52. The summed E-state index contributed by atoms with van der Waals surface area (Å²) in [6, 6.07) is 12.7. The van der Waals surface area contributed by atoms with E-state index < -0.39 is 28.7 Å². The van der Waals surface area contributed by atoms with E-state index in [1.54, 1.807) is 37.3 Å². The molecule has 0 spiro atoms. The van der Waals surface area contributed by atoms with Crippen molar-refractivity contribution in [1.29, 1.82) is 0 Å². The first-order chi connectivity index (χ1) is 13.3. The standard InChI is InChI=1S/C20H19N3O5/c1-12(21)11-22-17(13-7-9-15(10-8-13)23(27)28)16(19(25)20(22)26)18(24)14-5-3-2-4-6-14/h2-10,12,17,24H,11,21H2,1H3. The molecule has 0 aromatic heterocycles. The zero-order valence-electron chi connectivity index (χ0n) is 15.1. The average molecular weight is 381 g/mol. The fourth-order valence-corrected chi connectivity index (χ4v) is 3.25. The summed E-state index contributed by atoms with van der Waals surface area (Å²) in [5.41, 5.74) is 6.54. The molecule has 8 nitrogen and oxygen atoms in total. The molecule has 2 atom stereocenters. The minimum atomic E-state index is -0.882. The van der Waals surface area contributed by atoms with Crippen molar-refractivity contribution in [3.8, 4) is 0 Å². The lowest BCUT2D eigenvalue weighted by Gasteiger charge is -2.26. The van der Waals surface area contributed by atoms with Gasteiger partial charge in [0.2, 0.25) is 0 Å². The zero-order chi connectivity index (χ0) is 20.4. The summed E-state index contributed by atoms with van der Waals surface area (Å²) in [4.78, 5) is 37.0. The van der Waals surface area contributed by atoms with Crippen LogP contribution < -0.4 is 5.73 Å². The van der Waals surface area contributed by atoms with Crippen molar-refractivity contribution in [3.63, 3.8) is 0 Å². The molecule has 2 unspecified atom stereocenters. The van der Waals surface area contributed by atoms with Crippen molar-refractivity contribution in [2.24, 2.45) is 5.73 Å². The molecular formula is C20H19N3O5. The predicted octanol–water partition coefficient (Wildman–Crippen LogP) is 2.36. The third-order valence-corrected chi connectivity index (χ3v) is 4.49. The second-order valence-corrected chi connectivity index (χ2v) is 6.64. The molecule has 1 heterocycles. The lowest BCUT2D eigenvalue weighted by atomic mass is 9.95. The molecule has 1 aliphatic heterocycles. The first-order valence-corrected chi connectivity index (χ1v) is 8.65. The minimum absolute atomic E-state index is 0.0642. The predicted molar refractivity (Wildman–Crippen MR) is 102 cm³/mol. The Morgan fingerprint density at radius 1 is 1.18 bits per heavy atom. The van der Waals surface area contributed by atoms with Crippen LogP contribution in [0.4, 0.5) is 5.69 Å². The van der Waals surface area contributed by atoms with Crippen molar-refractivity contribution in [1.82, 2.24) is 4.90 Å². The zero-order valence-corrected chi connectivity index (χ0v) is 15.1. The molecule has 3 rings (SSSR count). The summed E-state index contributed by atoms with van der Waals surface area (Å²) in [5.74, 6) is -1.88. The van der Waals surface area contributed by atoms with Crippen LogP contribution in [0.1, 0.15) is 24.1 Å². The highest BCUT2D eigenvalue weighted by molar-refractivity contribution is 6.46. The summed E-state index contributed by atoms with van der Waals surface area (Å²) in [5, 5.41) is 21.7. The van der Waals surface area contributed by atoms with Crippen LogP contribution in [-0.2, 0) is 9.59 Å². The lowest BCUT2D eigenvalue weighted by molar-refractivity contribution is -0.384. The molecule has 144 valence electrons. The van der Waals surface area contributed by atoms with Crippen LogP contribution in [0, 0.1) is 10.1 Å². The molecule has 2 aromatic carbocycles. The maximum atomic E-state index is 12.7. The van der Waals surface area contributed by atoms with Crippen LogP contribution in [0.2, 0.25) is 0 Å². The minimum Gasteiger partial charge on any atom is -0.507 e. The summed E-state index contributed by atoms with van der Waals surface area (Å²) in [6.07, 6.45) is 0. The van der Waals surface area contributed by atoms with Crippen molar-refractivity contribution in [2.45, 2.75) is 19.0 Å². The number of hydrogen-bond donors (Lipinski definition) is 2. The number of nitro groups is 1. The number of rotatable bonds is 5. The third-order valence-electron chi connectivity index (χ3n) is 4.49. The Morgan fingerprint density at radius 3 is 2.32 bits per heavy atom. The highest BCUT2D eigenvalue weighted by Crippen LogP contribution is 2.39. The Kier molecular flexibility index (Phi) is 5.23. The number of likely N-dealkylation sites (tertiary alicyclic amines) is 1. The van der Waals surface area contributed by atoms with Gasteiger partial charge < -0.3 is 15.7 Å². The number of nitrogens with zero attached hydrogens (tertiary/aromatic N) is 2. The van der Waals surface area contributed by atoms with Gasteiger partial charge in [-0.05, 0) is 24.6 Å². The van der Waals surface area contributed by atoms with E-state index in [2.05, 4.69) is 0 Å². The number of nitrogens with two attached hydrogens (primary N) is 1. The number of hydrogen-bond acceptors (Lipinski definition) is 6. The number of carbonyl (C=O) groups is 2. The van der Waals surface area contributed by atoms with E-state index in [0.29, 0.717) is 11.1 Å². The van der Waals surface area contributed by atoms with Crippen molar-refractivity contribution in [2.75, 3.05) is 6.54 Å². The monoisotopic (exact) mass is 381 g/mol. The smallest absolute Gasteiger partial charge is 0.295 e. The van der Waals surface area contributed by atoms with Gasteiger partial charge in [0.25, 0.3) is 17.4 Å². The van der Waals surface area contributed by atoms with Crippen molar-refractivity contribution in [3.05, 3.63) is 81.4 Å². The van der Waals surface area contributed by atoms with E-state index in [4.69, 9.17) is 5.73 Å². The van der Waals surface area contributed by atoms with Crippen molar-refractivity contribution < 1.29 is 19.6 Å². The third kappa shape index (κ3) is 3.49. The van der Waals surface area contributed by atoms with Crippen molar-refractivity contribution >= 4 is 23.1 Å². The Labute approximate surface area is 161 Å². The fraction of sp³-hybridized carbons (Fsp3) is 0.200. The molecule has 28 heavy (non-hydrogen) atoms. The van der Waals surface area contributed by atoms with Gasteiger partial charge in [0, 0.05) is 30.3 Å². The molecule has 3 N–H and O–H groups in total. The number of Topliss-reactive ketones (excluding diaryl/α,β-unsaturated/α-hetero) is 1. The largest absolute Gasteiger partial charge is 0.507 e. The number of amides is 1. The van der Waals surface area contributed by atoms with Gasteiger partial charge in [-0.3, -0.25) is 19.7 Å². The molecule has 8 heteroatoms. The van der Waals surface area contributed by atoms with E-state index in [1.807, 2.05) is 0 Å². The number of nitro benzene ring substituents is 1. The molecule has 1 aliphatic rings. The lowest BCUT2D eigenvalue weighted by Crippen LogP contribution is -2.38. The quantitative estimate of drug-likeness (QED) is 0.269. The number of ketones is 1. The second kappa shape index (κ2) is 7.61. The van der Waals surface area contributed by atoms with Crippen LogP contribution in [0.25, 0.3) is 5.76 Å². The molecule has 0 bridgehead atoms. The van der Waals surface area contributed by atoms with Gasteiger partial charge in [0.15, 0.2) is 0 Å². The van der Waals surface area contributed by atoms with Gasteiger partial charge in [0.05, 0.1) is 16.5 Å². The number of carbonyl (C=O) groups excluding carboxylic acids is 2. The Bertz CT molecular complexity index is 952. The fourth-order valence-electron chi connectivity index (χ4n) is 3.25. The van der Waals surface area contributed by atoms with Gasteiger partial charge in [-0.1, -0.05) is 30.3 Å². The molecule has 1 fully saturated rings. The first-order valence-electron chi connectivity index (χ1n) is 8.65. The van der Waals surface area contributed by atoms with Crippen LogP contribution in [0.5, 0.6) is 0 Å². The maximum Gasteiger partial charge on any atom is 0.295 e. The van der Waals surface area contributed by atoms with Gasteiger partial charge in [-0.25, -0.2) is 0 Å². The Morgan fingerprint density at radius 2 is 1.79 bits per heavy atom. The van der Waals surface area contributed by atoms with Gasteiger partial charge in [-0.15, -0.1) is 0 Å². The summed E-state index contributed by atoms with van der Waals surface area (Å²) >= 11 is 0. The number of aliphatic hydroxyl groups excluding tert-OH is 1. The molecule has 0 saturated carbocycles. The maximum absolute atomic E-state index is 12.7.